The Morgan fingerprint density at radius 3 is 2.49 bits per heavy atom. The topological polar surface area (TPSA) is 83.9 Å². The lowest BCUT2D eigenvalue weighted by Gasteiger charge is -2.35. The van der Waals surface area contributed by atoms with E-state index in [0.717, 1.165) is 61.2 Å². The number of ether oxygens (including phenoxy) is 2. The summed E-state index contributed by atoms with van der Waals surface area (Å²) in [5, 5.41) is 0. The lowest BCUT2D eigenvalue weighted by atomic mass is 10.1. The van der Waals surface area contributed by atoms with Gasteiger partial charge in [0.2, 0.25) is 0 Å². The summed E-state index contributed by atoms with van der Waals surface area (Å²) in [7, 11) is 3.12. The summed E-state index contributed by atoms with van der Waals surface area (Å²) in [5.41, 5.74) is 3.64. The predicted octanol–water partition coefficient (Wildman–Crippen LogP) is 3.25. The molecule has 0 unspecified atom stereocenters. The van der Waals surface area contributed by atoms with Crippen molar-refractivity contribution in [2.75, 3.05) is 56.7 Å². The molecule has 2 aliphatic heterocycles. The third-order valence-electron chi connectivity index (χ3n) is 6.56. The first kappa shape index (κ1) is 23.0. The molecular formula is C26H30N6O3. The van der Waals surface area contributed by atoms with Crippen molar-refractivity contribution in [1.82, 2.24) is 19.9 Å². The van der Waals surface area contributed by atoms with E-state index in [0.29, 0.717) is 23.7 Å². The maximum Gasteiger partial charge on any atom is 0.260 e. The first-order chi connectivity index (χ1) is 17.1. The fraction of sp³-hybridized carbons (Fsp3) is 0.385. The van der Waals surface area contributed by atoms with E-state index in [2.05, 4.69) is 26.7 Å². The van der Waals surface area contributed by atoms with Gasteiger partial charge >= 0.3 is 0 Å². The van der Waals surface area contributed by atoms with Crippen molar-refractivity contribution in [3.63, 3.8) is 0 Å². The molecule has 0 bridgehead atoms. The van der Waals surface area contributed by atoms with Crippen LogP contribution in [0.2, 0.25) is 0 Å². The van der Waals surface area contributed by atoms with Gasteiger partial charge in [0.1, 0.15) is 5.82 Å². The summed E-state index contributed by atoms with van der Waals surface area (Å²) in [6.07, 6.45) is 4.66. The molecule has 1 saturated heterocycles. The molecule has 3 aromatic rings. The summed E-state index contributed by atoms with van der Waals surface area (Å²) in [6, 6.07) is 9.48. The average Bonchev–Trinajstić information content (AvgIpc) is 3.24. The van der Waals surface area contributed by atoms with E-state index in [4.69, 9.17) is 14.5 Å². The number of anilines is 2. The monoisotopic (exact) mass is 474 g/mol. The van der Waals surface area contributed by atoms with Crippen molar-refractivity contribution in [2.45, 2.75) is 19.9 Å². The van der Waals surface area contributed by atoms with Crippen molar-refractivity contribution in [1.29, 1.82) is 0 Å². The first-order valence-corrected chi connectivity index (χ1v) is 11.9. The largest absolute Gasteiger partial charge is 0.491 e. The molecule has 0 spiro atoms. The molecule has 9 heteroatoms. The van der Waals surface area contributed by atoms with Crippen molar-refractivity contribution in [2.24, 2.45) is 0 Å². The smallest absolute Gasteiger partial charge is 0.260 e. The predicted molar refractivity (Wildman–Crippen MR) is 134 cm³/mol. The van der Waals surface area contributed by atoms with Gasteiger partial charge in [-0.05, 0) is 43.3 Å². The SMILES string of the molecule is CCCN1CCN(c2ccc(N3Cc4nc(-c5cnc(OC)c(OC)c5)ccc4C3=O)cn2)CC1. The molecule has 9 nitrogen and oxygen atoms in total. The first-order valence-electron chi connectivity index (χ1n) is 11.9. The van der Waals surface area contributed by atoms with Crippen LogP contribution in [0, 0.1) is 0 Å². The zero-order chi connectivity index (χ0) is 24.4. The molecule has 5 heterocycles. The van der Waals surface area contributed by atoms with Gasteiger partial charge in [-0.25, -0.2) is 9.97 Å². The van der Waals surface area contributed by atoms with Gasteiger partial charge in [-0.1, -0.05) is 6.92 Å². The highest BCUT2D eigenvalue weighted by Crippen LogP contribution is 2.32. The molecule has 1 amide bonds. The number of aromatic nitrogens is 3. The Morgan fingerprint density at radius 1 is 0.971 bits per heavy atom. The molecule has 0 aliphatic carbocycles. The summed E-state index contributed by atoms with van der Waals surface area (Å²) in [4.78, 5) is 33.4. The number of hydrogen-bond acceptors (Lipinski definition) is 8. The van der Waals surface area contributed by atoms with Crippen LogP contribution in [0.25, 0.3) is 11.3 Å². The van der Waals surface area contributed by atoms with Gasteiger partial charge in [0.15, 0.2) is 5.75 Å². The van der Waals surface area contributed by atoms with Gasteiger partial charge in [-0.3, -0.25) is 14.7 Å². The molecule has 0 N–H and O–H groups in total. The molecule has 0 saturated carbocycles. The van der Waals surface area contributed by atoms with E-state index in [1.807, 2.05) is 30.3 Å². The molecule has 0 radical (unpaired) electrons. The fourth-order valence-electron chi connectivity index (χ4n) is 4.67. The minimum atomic E-state index is -0.0628. The quantitative estimate of drug-likeness (QED) is 0.516. The Balaban J connectivity index is 1.31. The average molecular weight is 475 g/mol. The summed E-state index contributed by atoms with van der Waals surface area (Å²) in [5.74, 6) is 1.84. The Labute approximate surface area is 205 Å². The standard InChI is InChI=1S/C26H30N6O3/c1-4-9-30-10-12-31(13-11-30)24-8-5-19(16-27-24)32-17-22-20(26(32)33)6-7-21(29-22)18-14-23(34-2)25(35-3)28-15-18/h5-8,14-16H,4,9-13,17H2,1-3H3. The molecule has 2 aliphatic rings. The highest BCUT2D eigenvalue weighted by atomic mass is 16.5. The van der Waals surface area contributed by atoms with Gasteiger partial charge in [-0.15, -0.1) is 0 Å². The normalized spacial score (nSPS) is 15.9. The lowest BCUT2D eigenvalue weighted by Crippen LogP contribution is -2.46. The maximum absolute atomic E-state index is 13.1. The van der Waals surface area contributed by atoms with Crippen LogP contribution in [0.4, 0.5) is 11.5 Å². The van der Waals surface area contributed by atoms with E-state index in [1.165, 1.54) is 6.42 Å². The Bertz CT molecular complexity index is 1210. The highest BCUT2D eigenvalue weighted by Gasteiger charge is 2.30. The van der Waals surface area contributed by atoms with Crippen molar-refractivity contribution in [3.8, 4) is 22.9 Å². The van der Waals surface area contributed by atoms with Crippen LogP contribution >= 0.6 is 0 Å². The molecule has 5 rings (SSSR count). The van der Waals surface area contributed by atoms with Crippen LogP contribution in [0.1, 0.15) is 29.4 Å². The van der Waals surface area contributed by atoms with Crippen molar-refractivity contribution in [3.05, 3.63) is 54.0 Å². The zero-order valence-electron chi connectivity index (χ0n) is 20.4. The number of methoxy groups -OCH3 is 2. The zero-order valence-corrected chi connectivity index (χ0v) is 20.4. The van der Waals surface area contributed by atoms with E-state index >= 15 is 0 Å². The second-order valence-electron chi connectivity index (χ2n) is 8.72. The van der Waals surface area contributed by atoms with E-state index < -0.39 is 0 Å². The maximum atomic E-state index is 13.1. The van der Waals surface area contributed by atoms with Crippen LogP contribution in [0.5, 0.6) is 11.6 Å². The van der Waals surface area contributed by atoms with E-state index in [-0.39, 0.29) is 5.91 Å². The summed E-state index contributed by atoms with van der Waals surface area (Å²) < 4.78 is 10.6. The van der Waals surface area contributed by atoms with Crippen LogP contribution in [-0.4, -0.2) is 72.7 Å². The third kappa shape index (κ3) is 4.51. The molecule has 3 aromatic heterocycles. The number of carbonyl (C=O) groups excluding carboxylic acids is 1. The van der Waals surface area contributed by atoms with Crippen LogP contribution in [0.3, 0.4) is 0 Å². The number of rotatable bonds is 7. The second-order valence-corrected chi connectivity index (χ2v) is 8.72. The summed E-state index contributed by atoms with van der Waals surface area (Å²) >= 11 is 0. The van der Waals surface area contributed by atoms with Crippen molar-refractivity contribution >= 4 is 17.4 Å². The highest BCUT2D eigenvalue weighted by molar-refractivity contribution is 6.09. The number of carbonyl (C=O) groups is 1. The van der Waals surface area contributed by atoms with E-state index in [9.17, 15) is 4.79 Å². The molecular weight excluding hydrogens is 444 g/mol. The van der Waals surface area contributed by atoms with Gasteiger partial charge in [0.05, 0.1) is 49.6 Å². The molecule has 0 aromatic carbocycles. The molecule has 35 heavy (non-hydrogen) atoms. The van der Waals surface area contributed by atoms with Gasteiger partial charge in [0.25, 0.3) is 11.8 Å². The van der Waals surface area contributed by atoms with E-state index in [1.54, 1.807) is 31.5 Å². The Kier molecular flexibility index (Phi) is 6.50. The second kappa shape index (κ2) is 9.87. The van der Waals surface area contributed by atoms with Crippen LogP contribution in [-0.2, 0) is 6.54 Å². The minimum absolute atomic E-state index is 0.0628. The number of piperazine rings is 1. The number of nitrogens with zero attached hydrogens (tertiary/aromatic N) is 6. The fourth-order valence-corrected chi connectivity index (χ4v) is 4.67. The molecule has 182 valence electrons. The van der Waals surface area contributed by atoms with Gasteiger partial charge < -0.3 is 19.3 Å². The summed E-state index contributed by atoms with van der Waals surface area (Å²) in [6.45, 7) is 7.82. The number of pyridine rings is 3. The Hall–Kier alpha value is -3.72. The minimum Gasteiger partial charge on any atom is -0.491 e. The van der Waals surface area contributed by atoms with Gasteiger partial charge in [0, 0.05) is 37.9 Å². The third-order valence-corrected chi connectivity index (χ3v) is 6.56. The number of fused-ring (bicyclic) bond motifs is 1. The van der Waals surface area contributed by atoms with Crippen LogP contribution < -0.4 is 19.3 Å². The molecule has 1 fully saturated rings. The number of amides is 1. The van der Waals surface area contributed by atoms with Crippen molar-refractivity contribution < 1.29 is 14.3 Å². The lowest BCUT2D eigenvalue weighted by molar-refractivity contribution is 0.0996. The number of hydrogen-bond donors (Lipinski definition) is 0. The van der Waals surface area contributed by atoms with Crippen LogP contribution in [0.15, 0.2) is 42.7 Å². The Morgan fingerprint density at radius 2 is 1.80 bits per heavy atom. The van der Waals surface area contributed by atoms with Gasteiger partial charge in [-0.2, -0.15) is 0 Å². The molecule has 0 atom stereocenters.